The normalized spacial score (nSPS) is 25.3. The topological polar surface area (TPSA) is 101 Å². The van der Waals surface area contributed by atoms with Gasteiger partial charge in [-0.25, -0.2) is 9.78 Å². The molecule has 1 heterocycles. The molecular weight excluding hydrogens is 274 g/mol. The van der Waals surface area contributed by atoms with Crippen molar-refractivity contribution in [3.05, 3.63) is 28.9 Å². The third kappa shape index (κ3) is 3.29. The molecule has 1 fully saturated rings. The highest BCUT2D eigenvalue weighted by molar-refractivity contribution is 5.79. The van der Waals surface area contributed by atoms with Crippen molar-refractivity contribution >= 4 is 11.9 Å². The van der Waals surface area contributed by atoms with Crippen LogP contribution in [-0.4, -0.2) is 32.6 Å². The zero-order chi connectivity index (χ0) is 15.5. The van der Waals surface area contributed by atoms with Gasteiger partial charge in [-0.15, -0.1) is 0 Å². The third-order valence-corrected chi connectivity index (χ3v) is 4.13. The molecule has 1 aliphatic carbocycles. The molecule has 0 aromatic carbocycles. The summed E-state index contributed by atoms with van der Waals surface area (Å²) in [6, 6.07) is 1.15. The quantitative estimate of drug-likeness (QED) is 0.836. The van der Waals surface area contributed by atoms with Crippen molar-refractivity contribution in [1.29, 1.82) is 0 Å². The van der Waals surface area contributed by atoms with E-state index >= 15 is 0 Å². The summed E-state index contributed by atoms with van der Waals surface area (Å²) < 4.78 is 1.19. The summed E-state index contributed by atoms with van der Waals surface area (Å²) in [7, 11) is 0. The molecule has 21 heavy (non-hydrogen) atoms. The Morgan fingerprint density at radius 1 is 1.52 bits per heavy atom. The second kappa shape index (κ2) is 6.07. The number of nitrogens with zero attached hydrogens (tertiary/aromatic N) is 2. The van der Waals surface area contributed by atoms with E-state index in [1.165, 1.54) is 17.0 Å². The molecule has 0 aliphatic heterocycles. The Kier molecular flexibility index (Phi) is 4.40. The van der Waals surface area contributed by atoms with E-state index in [4.69, 9.17) is 0 Å². The van der Waals surface area contributed by atoms with Crippen LogP contribution in [0.5, 0.6) is 0 Å². The number of carboxylic acid groups (broad SMARTS) is 1. The van der Waals surface area contributed by atoms with E-state index < -0.39 is 23.1 Å². The molecule has 7 heteroatoms. The van der Waals surface area contributed by atoms with Crippen LogP contribution in [0.25, 0.3) is 0 Å². The number of nitrogens with one attached hydrogen (secondary N) is 1. The molecule has 1 aliphatic rings. The summed E-state index contributed by atoms with van der Waals surface area (Å²) in [5, 5.41) is 12.2. The highest BCUT2D eigenvalue weighted by Gasteiger charge is 2.43. The number of carbonyl (C=O) groups excluding carboxylic acids is 1. The first kappa shape index (κ1) is 15.2. The fourth-order valence-electron chi connectivity index (χ4n) is 2.72. The van der Waals surface area contributed by atoms with Crippen molar-refractivity contribution in [1.82, 2.24) is 14.9 Å². The van der Waals surface area contributed by atoms with Gasteiger partial charge < -0.3 is 10.4 Å². The van der Waals surface area contributed by atoms with E-state index in [1.54, 1.807) is 13.0 Å². The molecule has 1 aromatic rings. The molecule has 2 rings (SSSR count). The van der Waals surface area contributed by atoms with E-state index in [2.05, 4.69) is 10.3 Å². The van der Waals surface area contributed by atoms with Crippen molar-refractivity contribution < 1.29 is 14.7 Å². The van der Waals surface area contributed by atoms with Crippen LogP contribution >= 0.6 is 0 Å². The van der Waals surface area contributed by atoms with Gasteiger partial charge >= 0.3 is 11.7 Å². The standard InChI is InChI=1S/C14H19N3O4/c1-14(12(19)20)6-3-2-5-10(14)16-11(18)9-17-8-4-7-15-13(17)21/h4,7-8,10H,2-3,5-6,9H2,1H3,(H,16,18)(H,19,20). The van der Waals surface area contributed by atoms with Crippen LogP contribution in [0.15, 0.2) is 23.3 Å². The maximum Gasteiger partial charge on any atom is 0.347 e. The van der Waals surface area contributed by atoms with Gasteiger partial charge in [0.2, 0.25) is 5.91 Å². The Balaban J connectivity index is 2.06. The first-order valence-electron chi connectivity index (χ1n) is 6.98. The fourth-order valence-corrected chi connectivity index (χ4v) is 2.72. The lowest BCUT2D eigenvalue weighted by molar-refractivity contribution is -0.152. The second-order valence-corrected chi connectivity index (χ2v) is 5.62. The fraction of sp³-hybridized carbons (Fsp3) is 0.571. The molecule has 0 bridgehead atoms. The van der Waals surface area contributed by atoms with Crippen LogP contribution in [0.2, 0.25) is 0 Å². The minimum atomic E-state index is -0.951. The average Bonchev–Trinajstić information content (AvgIpc) is 2.44. The summed E-state index contributed by atoms with van der Waals surface area (Å²) in [4.78, 5) is 38.5. The van der Waals surface area contributed by atoms with Crippen molar-refractivity contribution in [3.63, 3.8) is 0 Å². The first-order chi connectivity index (χ1) is 9.93. The van der Waals surface area contributed by atoms with Crippen LogP contribution in [0.4, 0.5) is 0 Å². The van der Waals surface area contributed by atoms with E-state index in [9.17, 15) is 19.5 Å². The number of aromatic nitrogens is 2. The van der Waals surface area contributed by atoms with Gasteiger partial charge in [0.15, 0.2) is 0 Å². The van der Waals surface area contributed by atoms with E-state index in [1.807, 2.05) is 0 Å². The summed E-state index contributed by atoms with van der Waals surface area (Å²) in [5.41, 5.74) is -1.45. The summed E-state index contributed by atoms with van der Waals surface area (Å²) in [6.45, 7) is 1.51. The Labute approximate surface area is 122 Å². The van der Waals surface area contributed by atoms with Crippen LogP contribution in [0, 0.1) is 5.41 Å². The maximum absolute atomic E-state index is 12.1. The number of aliphatic carboxylic acids is 1. The lowest BCUT2D eigenvalue weighted by atomic mass is 9.71. The molecule has 2 N–H and O–H groups in total. The van der Waals surface area contributed by atoms with Crippen molar-refractivity contribution in [2.24, 2.45) is 5.41 Å². The van der Waals surface area contributed by atoms with Gasteiger partial charge in [-0.2, -0.15) is 0 Å². The summed E-state index contributed by atoms with van der Waals surface area (Å²) in [5.74, 6) is -1.27. The second-order valence-electron chi connectivity index (χ2n) is 5.62. The zero-order valence-electron chi connectivity index (χ0n) is 11.9. The number of hydrogen-bond acceptors (Lipinski definition) is 4. The van der Waals surface area contributed by atoms with Crippen molar-refractivity contribution in [2.45, 2.75) is 45.2 Å². The smallest absolute Gasteiger partial charge is 0.347 e. The number of amides is 1. The van der Waals surface area contributed by atoms with Crippen LogP contribution in [0.1, 0.15) is 32.6 Å². The van der Waals surface area contributed by atoms with Gasteiger partial charge in [0.1, 0.15) is 6.54 Å². The van der Waals surface area contributed by atoms with Crippen LogP contribution < -0.4 is 11.0 Å². The van der Waals surface area contributed by atoms with E-state index in [0.29, 0.717) is 12.8 Å². The van der Waals surface area contributed by atoms with Gasteiger partial charge in [-0.1, -0.05) is 12.8 Å². The Morgan fingerprint density at radius 3 is 2.95 bits per heavy atom. The lowest BCUT2D eigenvalue weighted by Crippen LogP contribution is -2.53. The molecule has 1 saturated carbocycles. The first-order valence-corrected chi connectivity index (χ1v) is 6.98. The molecule has 0 radical (unpaired) electrons. The maximum atomic E-state index is 12.1. The van der Waals surface area contributed by atoms with Gasteiger partial charge in [0.05, 0.1) is 5.41 Å². The highest BCUT2D eigenvalue weighted by Crippen LogP contribution is 2.36. The van der Waals surface area contributed by atoms with E-state index in [0.717, 1.165) is 12.8 Å². The predicted molar refractivity (Wildman–Crippen MR) is 74.6 cm³/mol. The average molecular weight is 293 g/mol. The molecule has 0 spiro atoms. The van der Waals surface area contributed by atoms with Crippen LogP contribution in [0.3, 0.4) is 0 Å². The van der Waals surface area contributed by atoms with Gasteiger partial charge in [-0.05, 0) is 25.8 Å². The Bertz CT molecular complexity index is 598. The molecule has 7 nitrogen and oxygen atoms in total. The van der Waals surface area contributed by atoms with Crippen molar-refractivity contribution in [2.75, 3.05) is 0 Å². The van der Waals surface area contributed by atoms with E-state index in [-0.39, 0.29) is 12.5 Å². The van der Waals surface area contributed by atoms with Crippen molar-refractivity contribution in [3.8, 4) is 0 Å². The summed E-state index contributed by atoms with van der Waals surface area (Å²) >= 11 is 0. The molecule has 1 amide bonds. The lowest BCUT2D eigenvalue weighted by Gasteiger charge is -2.38. The molecule has 114 valence electrons. The zero-order valence-corrected chi connectivity index (χ0v) is 11.9. The monoisotopic (exact) mass is 293 g/mol. The summed E-state index contributed by atoms with van der Waals surface area (Å²) in [6.07, 6.45) is 5.75. The van der Waals surface area contributed by atoms with Gasteiger partial charge in [0.25, 0.3) is 0 Å². The molecule has 1 aromatic heterocycles. The molecule has 2 unspecified atom stereocenters. The Hall–Kier alpha value is -2.18. The largest absolute Gasteiger partial charge is 0.481 e. The number of hydrogen-bond donors (Lipinski definition) is 2. The number of carboxylic acids is 1. The number of carbonyl (C=O) groups is 2. The van der Waals surface area contributed by atoms with Gasteiger partial charge in [-0.3, -0.25) is 14.2 Å². The highest BCUT2D eigenvalue weighted by atomic mass is 16.4. The molecule has 0 saturated heterocycles. The third-order valence-electron chi connectivity index (χ3n) is 4.13. The minimum Gasteiger partial charge on any atom is -0.481 e. The molecule has 2 atom stereocenters. The SMILES string of the molecule is CC1(C(=O)O)CCCCC1NC(=O)Cn1cccnc1=O. The Morgan fingerprint density at radius 2 is 2.29 bits per heavy atom. The molecular formula is C14H19N3O4. The predicted octanol–water partition coefficient (Wildman–Crippen LogP) is 0.393. The minimum absolute atomic E-state index is 0.154. The number of rotatable bonds is 4. The van der Waals surface area contributed by atoms with Crippen LogP contribution in [-0.2, 0) is 16.1 Å². The van der Waals surface area contributed by atoms with Gasteiger partial charge in [0, 0.05) is 18.4 Å².